The smallest absolute Gasteiger partial charge is 0.217 e. The van der Waals surface area contributed by atoms with Gasteiger partial charge in [0.2, 0.25) is 5.91 Å². The summed E-state index contributed by atoms with van der Waals surface area (Å²) in [7, 11) is 0. The van der Waals surface area contributed by atoms with Crippen LogP contribution in [0.5, 0.6) is 0 Å². The van der Waals surface area contributed by atoms with Gasteiger partial charge in [0.15, 0.2) is 0 Å². The summed E-state index contributed by atoms with van der Waals surface area (Å²) in [5.41, 5.74) is 10.7. The van der Waals surface area contributed by atoms with Gasteiger partial charge in [-0.1, -0.05) is 6.92 Å². The quantitative estimate of drug-likeness (QED) is 0.601. The van der Waals surface area contributed by atoms with Gasteiger partial charge in [0.25, 0.3) is 0 Å². The van der Waals surface area contributed by atoms with E-state index in [1.807, 2.05) is 6.92 Å². The maximum absolute atomic E-state index is 10.5. The largest absolute Gasteiger partial charge is 0.384 e. The predicted molar refractivity (Wildman–Crippen MR) is 62.7 cm³/mol. The second-order valence-corrected chi connectivity index (χ2v) is 3.44. The topological polar surface area (TPSA) is 107 Å². The Morgan fingerprint density at radius 2 is 2.25 bits per heavy atom. The Morgan fingerprint density at radius 3 is 2.88 bits per heavy atom. The van der Waals surface area contributed by atoms with Gasteiger partial charge in [-0.25, -0.2) is 9.97 Å². The third-order valence-corrected chi connectivity index (χ3v) is 2.01. The van der Waals surface area contributed by atoms with Crippen molar-refractivity contribution in [2.75, 3.05) is 17.6 Å². The van der Waals surface area contributed by atoms with E-state index < -0.39 is 0 Å². The number of aromatic nitrogens is 2. The van der Waals surface area contributed by atoms with Gasteiger partial charge in [0.1, 0.15) is 17.5 Å². The van der Waals surface area contributed by atoms with E-state index in [0.717, 1.165) is 6.42 Å². The highest BCUT2D eigenvalue weighted by Crippen LogP contribution is 2.08. The van der Waals surface area contributed by atoms with Gasteiger partial charge in [-0.05, 0) is 6.42 Å². The lowest BCUT2D eigenvalue weighted by atomic mass is 10.3. The number of hydrogen-bond donors (Lipinski definition) is 3. The fraction of sp³-hybridized carbons (Fsp3) is 0.500. The molecule has 16 heavy (non-hydrogen) atoms. The van der Waals surface area contributed by atoms with Crippen molar-refractivity contribution in [1.82, 2.24) is 9.97 Å². The molecule has 6 heteroatoms. The van der Waals surface area contributed by atoms with Gasteiger partial charge in [0.05, 0.1) is 0 Å². The molecule has 0 aromatic carbocycles. The average molecular weight is 223 g/mol. The number of nitrogens with zero attached hydrogens (tertiary/aromatic N) is 2. The van der Waals surface area contributed by atoms with Gasteiger partial charge in [0, 0.05) is 25.5 Å². The second kappa shape index (κ2) is 5.89. The molecule has 0 aliphatic heterocycles. The molecular formula is C10H17N5O. The van der Waals surface area contributed by atoms with Crippen LogP contribution in [0.2, 0.25) is 0 Å². The number of carbonyl (C=O) groups excluding carboxylic acids is 1. The van der Waals surface area contributed by atoms with Crippen molar-refractivity contribution >= 4 is 17.5 Å². The summed E-state index contributed by atoms with van der Waals surface area (Å²) >= 11 is 0. The first-order chi connectivity index (χ1) is 7.61. The molecule has 0 radical (unpaired) electrons. The number of hydrogen-bond acceptors (Lipinski definition) is 5. The molecule has 0 aliphatic rings. The number of nitrogens with two attached hydrogens (primary N) is 2. The van der Waals surface area contributed by atoms with Crippen LogP contribution < -0.4 is 16.8 Å². The van der Waals surface area contributed by atoms with E-state index in [0.29, 0.717) is 36.8 Å². The molecule has 0 bridgehead atoms. The Balaban J connectivity index is 2.47. The fourth-order valence-corrected chi connectivity index (χ4v) is 1.25. The van der Waals surface area contributed by atoms with Gasteiger partial charge in [-0.3, -0.25) is 4.79 Å². The summed E-state index contributed by atoms with van der Waals surface area (Å²) in [5.74, 6) is 1.55. The number of rotatable bonds is 6. The minimum absolute atomic E-state index is 0.293. The zero-order valence-electron chi connectivity index (χ0n) is 9.36. The second-order valence-electron chi connectivity index (χ2n) is 3.44. The van der Waals surface area contributed by atoms with E-state index in [1.165, 1.54) is 0 Å². The number of primary amides is 1. The molecular weight excluding hydrogens is 206 g/mol. The Hall–Kier alpha value is -1.85. The molecule has 6 nitrogen and oxygen atoms in total. The summed E-state index contributed by atoms with van der Waals surface area (Å²) in [4.78, 5) is 18.8. The maximum atomic E-state index is 10.5. The summed E-state index contributed by atoms with van der Waals surface area (Å²) < 4.78 is 0. The zero-order chi connectivity index (χ0) is 12.0. The molecule has 88 valence electrons. The minimum atomic E-state index is -0.293. The van der Waals surface area contributed by atoms with Crippen LogP contribution in [0.25, 0.3) is 0 Å². The van der Waals surface area contributed by atoms with E-state index in [4.69, 9.17) is 11.5 Å². The summed E-state index contributed by atoms with van der Waals surface area (Å²) in [5, 5.41) is 3.08. The number of anilines is 2. The van der Waals surface area contributed by atoms with Crippen LogP contribution in [0, 0.1) is 0 Å². The SMILES string of the molecule is CCc1nc(N)cc(NCCCC(N)=O)n1. The first-order valence-electron chi connectivity index (χ1n) is 5.27. The molecule has 0 atom stereocenters. The van der Waals surface area contributed by atoms with Crippen LogP contribution in [0.4, 0.5) is 11.6 Å². The van der Waals surface area contributed by atoms with Gasteiger partial charge in [-0.15, -0.1) is 0 Å². The van der Waals surface area contributed by atoms with Crippen LogP contribution in [0.3, 0.4) is 0 Å². The monoisotopic (exact) mass is 223 g/mol. The normalized spacial score (nSPS) is 10.1. The molecule has 1 aromatic heterocycles. The summed E-state index contributed by atoms with van der Waals surface area (Å²) in [6, 6.07) is 1.67. The van der Waals surface area contributed by atoms with Crippen molar-refractivity contribution in [2.24, 2.45) is 5.73 Å². The van der Waals surface area contributed by atoms with E-state index >= 15 is 0 Å². The molecule has 1 amide bonds. The molecule has 0 unspecified atom stereocenters. The number of amides is 1. The Morgan fingerprint density at radius 1 is 1.50 bits per heavy atom. The maximum Gasteiger partial charge on any atom is 0.217 e. The Kier molecular flexibility index (Phi) is 4.50. The molecule has 0 saturated carbocycles. The molecule has 0 spiro atoms. The van der Waals surface area contributed by atoms with Crippen LogP contribution >= 0.6 is 0 Å². The van der Waals surface area contributed by atoms with Crippen LogP contribution in [0.1, 0.15) is 25.6 Å². The Bertz CT molecular complexity index is 366. The molecule has 0 fully saturated rings. The van der Waals surface area contributed by atoms with Gasteiger partial charge in [-0.2, -0.15) is 0 Å². The molecule has 1 rings (SSSR count). The standard InChI is InChI=1S/C10H17N5O/c1-2-9-14-7(11)6-10(15-9)13-5-3-4-8(12)16/h6H,2-5H2,1H3,(H2,12,16)(H3,11,13,14,15). The van der Waals surface area contributed by atoms with Gasteiger partial charge >= 0.3 is 0 Å². The van der Waals surface area contributed by atoms with Crippen molar-refractivity contribution in [2.45, 2.75) is 26.2 Å². The van der Waals surface area contributed by atoms with E-state index in [-0.39, 0.29) is 5.91 Å². The highest BCUT2D eigenvalue weighted by Gasteiger charge is 2.01. The molecule has 0 aliphatic carbocycles. The molecule has 1 heterocycles. The van der Waals surface area contributed by atoms with Crippen molar-refractivity contribution in [3.8, 4) is 0 Å². The molecule has 1 aromatic rings. The van der Waals surface area contributed by atoms with Crippen molar-refractivity contribution in [3.63, 3.8) is 0 Å². The lowest BCUT2D eigenvalue weighted by Gasteiger charge is -2.06. The van der Waals surface area contributed by atoms with Crippen LogP contribution in [-0.2, 0) is 11.2 Å². The van der Waals surface area contributed by atoms with E-state index in [9.17, 15) is 4.79 Å². The van der Waals surface area contributed by atoms with Crippen molar-refractivity contribution in [1.29, 1.82) is 0 Å². The number of carbonyl (C=O) groups is 1. The van der Waals surface area contributed by atoms with Crippen molar-refractivity contribution in [3.05, 3.63) is 11.9 Å². The third kappa shape index (κ3) is 4.12. The first kappa shape index (κ1) is 12.2. The summed E-state index contributed by atoms with van der Waals surface area (Å²) in [6.07, 6.45) is 1.79. The number of aryl methyl sites for hydroxylation is 1. The highest BCUT2D eigenvalue weighted by atomic mass is 16.1. The minimum Gasteiger partial charge on any atom is -0.384 e. The summed E-state index contributed by atoms with van der Waals surface area (Å²) in [6.45, 7) is 2.61. The van der Waals surface area contributed by atoms with E-state index in [1.54, 1.807) is 6.07 Å². The average Bonchev–Trinajstić information content (AvgIpc) is 2.23. The van der Waals surface area contributed by atoms with Gasteiger partial charge < -0.3 is 16.8 Å². The predicted octanol–water partition coefficient (Wildman–Crippen LogP) is 0.299. The highest BCUT2D eigenvalue weighted by molar-refractivity contribution is 5.73. The number of nitrogens with one attached hydrogen (secondary N) is 1. The van der Waals surface area contributed by atoms with Crippen molar-refractivity contribution < 1.29 is 4.79 Å². The van der Waals surface area contributed by atoms with E-state index in [2.05, 4.69) is 15.3 Å². The lowest BCUT2D eigenvalue weighted by molar-refractivity contribution is -0.118. The van der Waals surface area contributed by atoms with Crippen LogP contribution in [0.15, 0.2) is 6.07 Å². The number of nitrogen functional groups attached to an aromatic ring is 1. The third-order valence-electron chi connectivity index (χ3n) is 2.01. The zero-order valence-corrected chi connectivity index (χ0v) is 9.36. The molecule has 5 N–H and O–H groups in total. The fourth-order valence-electron chi connectivity index (χ4n) is 1.25. The first-order valence-corrected chi connectivity index (χ1v) is 5.27. The van der Waals surface area contributed by atoms with Crippen LogP contribution in [-0.4, -0.2) is 22.4 Å². The Labute approximate surface area is 94.5 Å². The molecule has 0 saturated heterocycles. The lowest BCUT2D eigenvalue weighted by Crippen LogP contribution is -2.13.